The number of primary sulfonamides is 1. The number of allylic oxidation sites excluding steroid dienone is 1. The van der Waals surface area contributed by atoms with Crippen LogP contribution in [-0.4, -0.2) is 13.5 Å². The molecule has 1 unspecified atom stereocenters. The highest BCUT2D eigenvalue weighted by atomic mass is 32.2. The Hall–Kier alpha value is -2.90. The van der Waals surface area contributed by atoms with E-state index in [4.69, 9.17) is 9.56 Å². The molecule has 0 aliphatic heterocycles. The van der Waals surface area contributed by atoms with Crippen LogP contribution in [0.3, 0.4) is 0 Å². The standard InChI is InChI=1S/C20H18NO5S/c1-2-14(17(27(21,24)25)12-13-8-4-3-5-9-13)18-19(22)15-10-6-7-11-16(15)26-20(18)23/h3-11,14,22H,2H2,1H3,(H2,21,24,25). The molecule has 2 aromatic carbocycles. The van der Waals surface area contributed by atoms with E-state index in [-0.39, 0.29) is 28.2 Å². The minimum atomic E-state index is -4.20. The number of hydrogen-bond donors (Lipinski definition) is 2. The van der Waals surface area contributed by atoms with Gasteiger partial charge in [-0.05, 0) is 24.1 Å². The Morgan fingerprint density at radius 3 is 2.41 bits per heavy atom. The maximum absolute atomic E-state index is 12.5. The smallest absolute Gasteiger partial charge is 0.343 e. The number of aromatic hydroxyl groups is 1. The molecule has 0 fully saturated rings. The van der Waals surface area contributed by atoms with Gasteiger partial charge in [-0.3, -0.25) is 0 Å². The first-order valence-corrected chi connectivity index (χ1v) is 9.84. The monoisotopic (exact) mass is 384 g/mol. The molecule has 1 radical (unpaired) electrons. The van der Waals surface area contributed by atoms with Gasteiger partial charge in [-0.25, -0.2) is 18.4 Å². The van der Waals surface area contributed by atoms with Gasteiger partial charge in [-0.2, -0.15) is 0 Å². The lowest BCUT2D eigenvalue weighted by atomic mass is 9.94. The van der Waals surface area contributed by atoms with E-state index in [1.807, 2.05) is 0 Å². The Morgan fingerprint density at radius 1 is 1.15 bits per heavy atom. The average molecular weight is 384 g/mol. The van der Waals surface area contributed by atoms with Crippen LogP contribution in [-0.2, 0) is 10.0 Å². The van der Waals surface area contributed by atoms with Gasteiger partial charge in [0, 0.05) is 12.0 Å². The molecule has 139 valence electrons. The summed E-state index contributed by atoms with van der Waals surface area (Å²) in [6, 6.07) is 15.1. The third-order valence-electron chi connectivity index (χ3n) is 4.24. The van der Waals surface area contributed by atoms with Crippen molar-refractivity contribution < 1.29 is 17.9 Å². The van der Waals surface area contributed by atoms with Crippen LogP contribution >= 0.6 is 0 Å². The maximum atomic E-state index is 12.5. The number of benzene rings is 2. The van der Waals surface area contributed by atoms with Gasteiger partial charge in [0.1, 0.15) is 11.3 Å². The second-order valence-electron chi connectivity index (χ2n) is 6.01. The summed E-state index contributed by atoms with van der Waals surface area (Å²) in [4.78, 5) is 12.3. The molecule has 1 aromatic heterocycles. The fraction of sp³-hybridized carbons (Fsp3) is 0.150. The van der Waals surface area contributed by atoms with E-state index >= 15 is 0 Å². The quantitative estimate of drug-likeness (QED) is 0.657. The average Bonchev–Trinajstić information content (AvgIpc) is 2.63. The summed E-state index contributed by atoms with van der Waals surface area (Å²) in [5, 5.41) is 16.4. The molecule has 0 saturated heterocycles. The third-order valence-corrected chi connectivity index (χ3v) is 5.24. The normalized spacial score (nSPS) is 13.6. The fourth-order valence-electron chi connectivity index (χ4n) is 3.00. The molecule has 6 nitrogen and oxygen atoms in total. The zero-order valence-electron chi connectivity index (χ0n) is 14.5. The van der Waals surface area contributed by atoms with E-state index in [1.54, 1.807) is 61.5 Å². The van der Waals surface area contributed by atoms with Crippen molar-refractivity contribution in [3.8, 4) is 5.75 Å². The fourth-order valence-corrected chi connectivity index (χ4v) is 3.94. The summed E-state index contributed by atoms with van der Waals surface area (Å²) in [6.45, 7) is 1.69. The summed E-state index contributed by atoms with van der Waals surface area (Å²) < 4.78 is 29.8. The lowest BCUT2D eigenvalue weighted by molar-refractivity contribution is 0.450. The number of fused-ring (bicyclic) bond motifs is 1. The lowest BCUT2D eigenvalue weighted by Crippen LogP contribution is -2.23. The highest BCUT2D eigenvalue weighted by molar-refractivity contribution is 7.93. The summed E-state index contributed by atoms with van der Waals surface area (Å²) in [6.07, 6.45) is 2.98. The first-order valence-electron chi connectivity index (χ1n) is 8.29. The minimum absolute atomic E-state index is 0.149. The molecule has 1 atom stereocenters. The van der Waals surface area contributed by atoms with Gasteiger partial charge in [0.05, 0.1) is 15.9 Å². The van der Waals surface area contributed by atoms with Gasteiger partial charge in [0.15, 0.2) is 0 Å². The van der Waals surface area contributed by atoms with Crippen LogP contribution in [0.2, 0.25) is 0 Å². The van der Waals surface area contributed by atoms with Gasteiger partial charge >= 0.3 is 5.63 Å². The molecule has 1 heterocycles. The van der Waals surface area contributed by atoms with Crippen molar-refractivity contribution in [3.63, 3.8) is 0 Å². The van der Waals surface area contributed by atoms with Crippen molar-refractivity contribution in [3.05, 3.63) is 87.1 Å². The number of nitrogens with two attached hydrogens (primary N) is 1. The molecular weight excluding hydrogens is 366 g/mol. The lowest BCUT2D eigenvalue weighted by Gasteiger charge is -2.18. The molecule has 0 spiro atoms. The van der Waals surface area contributed by atoms with Crippen LogP contribution in [0.5, 0.6) is 5.75 Å². The molecular formula is C20H18NO5S. The van der Waals surface area contributed by atoms with Gasteiger partial charge in [-0.15, -0.1) is 0 Å². The Labute approximate surface area is 156 Å². The SMILES string of the molecule is CCC(C(=[C]c1ccccc1)S(N)(=O)=O)c1c(O)c2ccccc2oc1=O. The number of sulfonamides is 1. The Bertz CT molecular complexity index is 1160. The van der Waals surface area contributed by atoms with Crippen LogP contribution in [0, 0.1) is 6.08 Å². The number of rotatable bonds is 5. The Kier molecular flexibility index (Phi) is 5.16. The predicted octanol–water partition coefficient (Wildman–Crippen LogP) is 3.02. The second-order valence-corrected chi connectivity index (χ2v) is 7.54. The third kappa shape index (κ3) is 3.79. The van der Waals surface area contributed by atoms with Gasteiger partial charge < -0.3 is 9.52 Å². The van der Waals surface area contributed by atoms with Crippen molar-refractivity contribution in [2.45, 2.75) is 19.3 Å². The van der Waals surface area contributed by atoms with Gasteiger partial charge in [0.25, 0.3) is 0 Å². The van der Waals surface area contributed by atoms with Crippen molar-refractivity contribution in [2.24, 2.45) is 5.14 Å². The van der Waals surface area contributed by atoms with Crippen LogP contribution < -0.4 is 10.8 Å². The van der Waals surface area contributed by atoms with E-state index < -0.39 is 21.6 Å². The van der Waals surface area contributed by atoms with Gasteiger partial charge in [0.2, 0.25) is 10.0 Å². The Morgan fingerprint density at radius 2 is 1.78 bits per heavy atom. The number of hydrogen-bond acceptors (Lipinski definition) is 5. The van der Waals surface area contributed by atoms with E-state index in [0.29, 0.717) is 10.9 Å². The molecule has 3 N–H and O–H groups in total. The molecule has 0 amide bonds. The molecule has 7 heteroatoms. The molecule has 0 bridgehead atoms. The summed E-state index contributed by atoms with van der Waals surface area (Å²) in [5.74, 6) is -1.31. The largest absolute Gasteiger partial charge is 0.507 e. The molecule has 3 rings (SSSR count). The predicted molar refractivity (Wildman–Crippen MR) is 103 cm³/mol. The Balaban J connectivity index is 2.28. The second kappa shape index (κ2) is 7.38. The van der Waals surface area contributed by atoms with E-state index in [2.05, 4.69) is 6.08 Å². The zero-order valence-corrected chi connectivity index (χ0v) is 15.4. The minimum Gasteiger partial charge on any atom is -0.507 e. The van der Waals surface area contributed by atoms with Crippen molar-refractivity contribution in [2.75, 3.05) is 0 Å². The van der Waals surface area contributed by atoms with Crippen molar-refractivity contribution in [1.29, 1.82) is 0 Å². The van der Waals surface area contributed by atoms with Crippen molar-refractivity contribution in [1.82, 2.24) is 0 Å². The summed E-state index contributed by atoms with van der Waals surface area (Å²) >= 11 is 0. The van der Waals surface area contributed by atoms with E-state index in [0.717, 1.165) is 0 Å². The molecule has 0 saturated carbocycles. The van der Waals surface area contributed by atoms with Crippen molar-refractivity contribution >= 4 is 21.0 Å². The van der Waals surface area contributed by atoms with E-state index in [9.17, 15) is 18.3 Å². The topological polar surface area (TPSA) is 111 Å². The van der Waals surface area contributed by atoms with Crippen LogP contribution in [0.4, 0.5) is 0 Å². The number of para-hydroxylation sites is 1. The van der Waals surface area contributed by atoms with Gasteiger partial charge in [-0.1, -0.05) is 49.4 Å². The zero-order chi connectivity index (χ0) is 19.6. The first-order chi connectivity index (χ1) is 12.8. The highest BCUT2D eigenvalue weighted by Crippen LogP contribution is 2.37. The first kappa shape index (κ1) is 18.9. The molecule has 3 aromatic rings. The highest BCUT2D eigenvalue weighted by Gasteiger charge is 2.30. The summed E-state index contributed by atoms with van der Waals surface area (Å²) in [5.41, 5.74) is -0.255. The molecule has 0 aliphatic carbocycles. The maximum Gasteiger partial charge on any atom is 0.343 e. The summed E-state index contributed by atoms with van der Waals surface area (Å²) in [7, 11) is -4.20. The van der Waals surface area contributed by atoms with Crippen LogP contribution in [0.25, 0.3) is 11.0 Å². The molecule has 27 heavy (non-hydrogen) atoms. The van der Waals surface area contributed by atoms with Crippen LogP contribution in [0.1, 0.15) is 30.4 Å². The van der Waals surface area contributed by atoms with Crippen LogP contribution in [0.15, 0.2) is 68.7 Å². The molecule has 0 aliphatic rings. The van der Waals surface area contributed by atoms with E-state index in [1.165, 1.54) is 0 Å².